The lowest BCUT2D eigenvalue weighted by Crippen LogP contribution is -2.10. The van der Waals surface area contributed by atoms with Crippen molar-refractivity contribution >= 4 is 16.7 Å². The molecule has 3 nitrogen and oxygen atoms in total. The summed E-state index contributed by atoms with van der Waals surface area (Å²) < 4.78 is 39.6. The minimum Gasteiger partial charge on any atom is -0.360 e. The number of rotatable bonds is 5. The first-order valence-electron chi connectivity index (χ1n) is 5.02. The molecule has 92 valence electrons. The van der Waals surface area contributed by atoms with Crippen LogP contribution in [-0.4, -0.2) is 22.1 Å². The summed E-state index contributed by atoms with van der Waals surface area (Å²) in [6, 6.07) is 0. The Kier molecular flexibility index (Phi) is 4.52. The molecule has 0 atom stereocenters. The molecule has 0 bridgehead atoms. The maximum Gasteiger partial charge on any atom is 0.389 e. The standard InChI is InChI=1S/C9H14F3N3S/c1-6(2)7-14-8(16-15-7)13-5-3-4-9(10,11)12/h6H,3-5H2,1-2H3,(H,13,14,15). The third-order valence-corrected chi connectivity index (χ3v) is 2.56. The van der Waals surface area contributed by atoms with Gasteiger partial charge in [0, 0.05) is 30.4 Å². The topological polar surface area (TPSA) is 37.8 Å². The van der Waals surface area contributed by atoms with Crippen molar-refractivity contribution in [3.63, 3.8) is 0 Å². The second-order valence-electron chi connectivity index (χ2n) is 3.76. The van der Waals surface area contributed by atoms with Crippen LogP contribution >= 0.6 is 11.5 Å². The summed E-state index contributed by atoms with van der Waals surface area (Å²) >= 11 is 1.18. The van der Waals surface area contributed by atoms with Crippen molar-refractivity contribution in [3.05, 3.63) is 5.82 Å². The van der Waals surface area contributed by atoms with Crippen LogP contribution in [0, 0.1) is 0 Å². The van der Waals surface area contributed by atoms with E-state index in [0.29, 0.717) is 5.13 Å². The van der Waals surface area contributed by atoms with E-state index < -0.39 is 12.6 Å². The fraction of sp³-hybridized carbons (Fsp3) is 0.778. The van der Waals surface area contributed by atoms with E-state index in [2.05, 4.69) is 14.7 Å². The molecule has 16 heavy (non-hydrogen) atoms. The smallest absolute Gasteiger partial charge is 0.360 e. The van der Waals surface area contributed by atoms with Crippen LogP contribution in [0.4, 0.5) is 18.3 Å². The Bertz CT molecular complexity index is 322. The zero-order valence-corrected chi connectivity index (χ0v) is 9.95. The van der Waals surface area contributed by atoms with E-state index in [1.165, 1.54) is 11.5 Å². The molecule has 0 unspecified atom stereocenters. The van der Waals surface area contributed by atoms with Crippen molar-refractivity contribution in [3.8, 4) is 0 Å². The zero-order chi connectivity index (χ0) is 12.2. The second-order valence-corrected chi connectivity index (χ2v) is 4.51. The van der Waals surface area contributed by atoms with E-state index in [1.54, 1.807) is 0 Å². The minimum atomic E-state index is -4.08. The third kappa shape index (κ3) is 4.78. The van der Waals surface area contributed by atoms with Crippen LogP contribution in [0.3, 0.4) is 0 Å². The van der Waals surface area contributed by atoms with Crippen LogP contribution in [0.25, 0.3) is 0 Å². The number of hydrogen-bond acceptors (Lipinski definition) is 4. The molecule has 0 aliphatic rings. The molecule has 1 aromatic heterocycles. The molecule has 0 aromatic carbocycles. The Morgan fingerprint density at radius 1 is 1.38 bits per heavy atom. The Morgan fingerprint density at radius 2 is 2.06 bits per heavy atom. The normalized spacial score (nSPS) is 12.1. The van der Waals surface area contributed by atoms with Gasteiger partial charge in [-0.2, -0.15) is 17.5 Å². The molecule has 1 rings (SSSR count). The molecule has 0 aliphatic heterocycles. The van der Waals surface area contributed by atoms with E-state index in [1.807, 2.05) is 13.8 Å². The number of anilines is 1. The van der Waals surface area contributed by atoms with Crippen LogP contribution in [0.1, 0.15) is 38.4 Å². The molecule has 0 amide bonds. The summed E-state index contributed by atoms with van der Waals surface area (Å²) in [5, 5.41) is 3.43. The summed E-state index contributed by atoms with van der Waals surface area (Å²) in [5.74, 6) is 0.963. The Morgan fingerprint density at radius 3 is 2.56 bits per heavy atom. The molecule has 0 saturated heterocycles. The first-order chi connectivity index (χ1) is 7.38. The van der Waals surface area contributed by atoms with Gasteiger partial charge in [0.05, 0.1) is 0 Å². The predicted molar refractivity (Wildman–Crippen MR) is 57.8 cm³/mol. The van der Waals surface area contributed by atoms with E-state index in [0.717, 1.165) is 5.82 Å². The predicted octanol–water partition coefficient (Wildman–Crippen LogP) is 3.42. The van der Waals surface area contributed by atoms with Gasteiger partial charge in [0.2, 0.25) is 5.13 Å². The van der Waals surface area contributed by atoms with Crippen LogP contribution in [0.2, 0.25) is 0 Å². The van der Waals surface area contributed by atoms with Gasteiger partial charge < -0.3 is 5.32 Å². The third-order valence-electron chi connectivity index (χ3n) is 1.87. The van der Waals surface area contributed by atoms with Gasteiger partial charge in [-0.1, -0.05) is 13.8 Å². The number of aromatic nitrogens is 2. The molecule has 0 aliphatic carbocycles. The van der Waals surface area contributed by atoms with Crippen LogP contribution in [0.15, 0.2) is 0 Å². The second kappa shape index (κ2) is 5.47. The van der Waals surface area contributed by atoms with Crippen LogP contribution < -0.4 is 5.32 Å². The summed E-state index contributed by atoms with van der Waals surface area (Å²) in [5.41, 5.74) is 0. The molecular formula is C9H14F3N3S. The Balaban J connectivity index is 2.27. The molecule has 0 saturated carbocycles. The van der Waals surface area contributed by atoms with E-state index in [4.69, 9.17) is 0 Å². The van der Waals surface area contributed by atoms with Gasteiger partial charge in [-0.25, -0.2) is 4.98 Å². The van der Waals surface area contributed by atoms with Crippen molar-refractivity contribution in [2.24, 2.45) is 0 Å². The van der Waals surface area contributed by atoms with E-state index >= 15 is 0 Å². The molecule has 1 heterocycles. The van der Waals surface area contributed by atoms with Gasteiger partial charge in [-0.15, -0.1) is 0 Å². The van der Waals surface area contributed by atoms with Crippen molar-refractivity contribution in [2.45, 2.75) is 38.8 Å². The Labute approximate surface area is 96.3 Å². The number of nitrogens with zero attached hydrogens (tertiary/aromatic N) is 2. The van der Waals surface area contributed by atoms with E-state index in [9.17, 15) is 13.2 Å². The van der Waals surface area contributed by atoms with Crippen LogP contribution in [0.5, 0.6) is 0 Å². The fourth-order valence-electron chi connectivity index (χ4n) is 1.03. The summed E-state index contributed by atoms with van der Waals surface area (Å²) in [4.78, 5) is 4.16. The fourth-order valence-corrected chi connectivity index (χ4v) is 1.76. The lowest BCUT2D eigenvalue weighted by Gasteiger charge is -2.05. The quantitative estimate of drug-likeness (QED) is 0.817. The average Bonchev–Trinajstić information content (AvgIpc) is 2.59. The van der Waals surface area contributed by atoms with Gasteiger partial charge >= 0.3 is 6.18 Å². The molecule has 0 fully saturated rings. The van der Waals surface area contributed by atoms with Gasteiger partial charge in [-0.3, -0.25) is 0 Å². The zero-order valence-electron chi connectivity index (χ0n) is 9.14. The van der Waals surface area contributed by atoms with Crippen molar-refractivity contribution in [2.75, 3.05) is 11.9 Å². The lowest BCUT2D eigenvalue weighted by molar-refractivity contribution is -0.134. The largest absolute Gasteiger partial charge is 0.389 e. The molecule has 7 heteroatoms. The van der Waals surface area contributed by atoms with Gasteiger partial charge in [0.25, 0.3) is 0 Å². The highest BCUT2D eigenvalue weighted by atomic mass is 32.1. The Hall–Kier alpha value is -0.850. The highest BCUT2D eigenvalue weighted by Gasteiger charge is 2.25. The number of halogens is 3. The molecule has 1 N–H and O–H groups in total. The minimum absolute atomic E-state index is 0.0556. The van der Waals surface area contributed by atoms with Gasteiger partial charge in [0.1, 0.15) is 5.82 Å². The van der Waals surface area contributed by atoms with Crippen LogP contribution in [-0.2, 0) is 0 Å². The highest BCUT2D eigenvalue weighted by Crippen LogP contribution is 2.22. The maximum atomic E-state index is 11.8. The highest BCUT2D eigenvalue weighted by molar-refractivity contribution is 7.09. The first kappa shape index (κ1) is 13.2. The SMILES string of the molecule is CC(C)c1nsc(NCCCC(F)(F)F)n1. The van der Waals surface area contributed by atoms with Crippen molar-refractivity contribution in [1.29, 1.82) is 0 Å². The molecule has 1 aromatic rings. The monoisotopic (exact) mass is 253 g/mol. The molecular weight excluding hydrogens is 239 g/mol. The average molecular weight is 253 g/mol. The summed E-state index contributed by atoms with van der Waals surface area (Å²) in [6.45, 7) is 4.21. The first-order valence-corrected chi connectivity index (χ1v) is 5.80. The van der Waals surface area contributed by atoms with Gasteiger partial charge in [-0.05, 0) is 6.42 Å². The van der Waals surface area contributed by atoms with E-state index in [-0.39, 0.29) is 18.9 Å². The summed E-state index contributed by atoms with van der Waals surface area (Å²) in [6.07, 6.45) is -4.79. The van der Waals surface area contributed by atoms with Crippen molar-refractivity contribution < 1.29 is 13.2 Å². The number of alkyl halides is 3. The van der Waals surface area contributed by atoms with Gasteiger partial charge in [0.15, 0.2) is 0 Å². The molecule has 0 radical (unpaired) electrons. The lowest BCUT2D eigenvalue weighted by atomic mass is 10.2. The maximum absolute atomic E-state index is 11.8. The van der Waals surface area contributed by atoms with Crippen molar-refractivity contribution in [1.82, 2.24) is 9.36 Å². The number of hydrogen-bond donors (Lipinski definition) is 1. The summed E-state index contributed by atoms with van der Waals surface area (Å²) in [7, 11) is 0. The number of nitrogens with one attached hydrogen (secondary N) is 1. The molecule has 0 spiro atoms.